The number of carbonyl (C=O) groups is 4. The number of carboxylic acids is 1. The number of rotatable bonds is 13. The first-order valence-electron chi connectivity index (χ1n) is 13.0. The second kappa shape index (κ2) is 13.4. The molecule has 3 aromatic carbocycles. The van der Waals surface area contributed by atoms with Gasteiger partial charge in [0.2, 0.25) is 0 Å². The van der Waals surface area contributed by atoms with Crippen molar-refractivity contribution in [1.29, 1.82) is 0 Å². The van der Waals surface area contributed by atoms with E-state index >= 15 is 0 Å². The highest BCUT2D eigenvalue weighted by molar-refractivity contribution is 6.36. The Hall–Kier alpha value is -4.46. The van der Waals surface area contributed by atoms with Gasteiger partial charge in [-0.15, -0.1) is 0 Å². The number of amides is 1. The van der Waals surface area contributed by atoms with E-state index in [4.69, 9.17) is 14.6 Å². The third kappa shape index (κ3) is 7.31. The summed E-state index contributed by atoms with van der Waals surface area (Å²) in [5, 5.41) is 11.4. The molecule has 1 aliphatic carbocycles. The van der Waals surface area contributed by atoms with Gasteiger partial charge in [0.1, 0.15) is 19.3 Å². The fourth-order valence-corrected chi connectivity index (χ4v) is 4.79. The number of unbranched alkanes of at least 4 members (excludes halogenated alkanes) is 2. The van der Waals surface area contributed by atoms with Crippen LogP contribution in [0.15, 0.2) is 78.9 Å². The Morgan fingerprint density at radius 1 is 0.769 bits per heavy atom. The van der Waals surface area contributed by atoms with Gasteiger partial charge < -0.3 is 19.9 Å². The molecule has 0 saturated heterocycles. The smallest absolute Gasteiger partial charge is 0.407 e. The fraction of sp³-hybridized carbons (Fsp3) is 0.290. The van der Waals surface area contributed by atoms with Gasteiger partial charge in [0.15, 0.2) is 0 Å². The van der Waals surface area contributed by atoms with Gasteiger partial charge in [0, 0.05) is 12.3 Å². The Labute approximate surface area is 227 Å². The number of hydrogen-bond donors (Lipinski definition) is 2. The monoisotopic (exact) mass is 529 g/mol. The zero-order valence-electron chi connectivity index (χ0n) is 21.5. The van der Waals surface area contributed by atoms with Crippen LogP contribution in [0.25, 0.3) is 11.1 Å². The van der Waals surface area contributed by atoms with Crippen LogP contribution >= 0.6 is 0 Å². The Balaban J connectivity index is 1.37. The van der Waals surface area contributed by atoms with Gasteiger partial charge >= 0.3 is 18.0 Å². The topological polar surface area (TPSA) is 119 Å². The molecule has 0 heterocycles. The van der Waals surface area contributed by atoms with Crippen LogP contribution in [-0.4, -0.2) is 41.6 Å². The number of nitrogens with one attached hydrogen (secondary N) is 1. The minimum atomic E-state index is -1.14. The quantitative estimate of drug-likeness (QED) is 0.177. The molecule has 0 aliphatic heterocycles. The van der Waals surface area contributed by atoms with Crippen LogP contribution < -0.4 is 5.32 Å². The number of ketones is 1. The number of ether oxygens (including phenoxy) is 2. The lowest BCUT2D eigenvalue weighted by Gasteiger charge is -2.19. The van der Waals surface area contributed by atoms with E-state index in [1.807, 2.05) is 54.6 Å². The number of aliphatic carboxylic acids is 1. The SMILES string of the molecule is O=C(O)CCCCC[C@H](NC(=O)OCC1c2ccccc2-c2ccccc21)C(=O)C(=O)OCc1ccccc1. The lowest BCUT2D eigenvalue weighted by molar-refractivity contribution is -0.155. The number of alkyl carbamates (subject to hydrolysis) is 1. The third-order valence-electron chi connectivity index (χ3n) is 6.75. The molecular weight excluding hydrogens is 498 g/mol. The van der Waals surface area contributed by atoms with E-state index in [9.17, 15) is 19.2 Å². The van der Waals surface area contributed by atoms with Crippen molar-refractivity contribution in [1.82, 2.24) is 5.32 Å². The Bertz CT molecular complexity index is 1280. The Kier molecular flexibility index (Phi) is 9.45. The van der Waals surface area contributed by atoms with E-state index in [1.54, 1.807) is 24.3 Å². The summed E-state index contributed by atoms with van der Waals surface area (Å²) in [4.78, 5) is 49.0. The highest BCUT2D eigenvalue weighted by Crippen LogP contribution is 2.44. The molecule has 0 saturated carbocycles. The van der Waals surface area contributed by atoms with Gasteiger partial charge in [-0.3, -0.25) is 9.59 Å². The number of carboxylic acid groups (broad SMARTS) is 1. The molecule has 0 fully saturated rings. The van der Waals surface area contributed by atoms with E-state index in [-0.39, 0.29) is 32.0 Å². The maximum Gasteiger partial charge on any atom is 0.407 e. The maximum atomic E-state index is 12.9. The van der Waals surface area contributed by atoms with Crippen LogP contribution in [0.2, 0.25) is 0 Å². The van der Waals surface area contributed by atoms with Crippen molar-refractivity contribution < 1.29 is 33.8 Å². The molecule has 4 rings (SSSR count). The molecule has 0 bridgehead atoms. The summed E-state index contributed by atoms with van der Waals surface area (Å²) >= 11 is 0. The molecule has 39 heavy (non-hydrogen) atoms. The fourth-order valence-electron chi connectivity index (χ4n) is 4.79. The maximum absolute atomic E-state index is 12.9. The largest absolute Gasteiger partial charge is 0.481 e. The van der Waals surface area contributed by atoms with Gasteiger partial charge in [0.25, 0.3) is 5.78 Å². The van der Waals surface area contributed by atoms with Crippen molar-refractivity contribution in [3.8, 4) is 11.1 Å². The molecule has 2 N–H and O–H groups in total. The zero-order chi connectivity index (χ0) is 27.6. The molecule has 1 atom stereocenters. The van der Waals surface area contributed by atoms with Gasteiger partial charge in [-0.2, -0.15) is 0 Å². The summed E-state index contributed by atoms with van der Waals surface area (Å²) in [7, 11) is 0. The summed E-state index contributed by atoms with van der Waals surface area (Å²) in [6.07, 6.45) is 0.762. The normalized spacial score (nSPS) is 12.6. The highest BCUT2D eigenvalue weighted by Gasteiger charge is 2.31. The average molecular weight is 530 g/mol. The number of carbonyl (C=O) groups excluding carboxylic acids is 3. The first kappa shape index (κ1) is 27.6. The summed E-state index contributed by atoms with van der Waals surface area (Å²) in [6.45, 7) is -0.000471. The van der Waals surface area contributed by atoms with Crippen LogP contribution in [0.3, 0.4) is 0 Å². The van der Waals surface area contributed by atoms with Crippen LogP contribution in [-0.2, 0) is 30.5 Å². The molecule has 1 amide bonds. The van der Waals surface area contributed by atoms with E-state index in [0.29, 0.717) is 19.3 Å². The summed E-state index contributed by atoms with van der Waals surface area (Å²) in [6, 6.07) is 23.7. The summed E-state index contributed by atoms with van der Waals surface area (Å²) < 4.78 is 10.7. The van der Waals surface area contributed by atoms with Gasteiger partial charge in [-0.1, -0.05) is 91.7 Å². The van der Waals surface area contributed by atoms with Crippen molar-refractivity contribution >= 4 is 23.8 Å². The summed E-state index contributed by atoms with van der Waals surface area (Å²) in [5.41, 5.74) is 5.04. The molecule has 202 valence electrons. The van der Waals surface area contributed by atoms with Gasteiger partial charge in [0.05, 0.1) is 0 Å². The second-order valence-corrected chi connectivity index (χ2v) is 9.44. The van der Waals surface area contributed by atoms with Crippen molar-refractivity contribution in [3.63, 3.8) is 0 Å². The van der Waals surface area contributed by atoms with Crippen LogP contribution in [0, 0.1) is 0 Å². The lowest BCUT2D eigenvalue weighted by atomic mass is 9.98. The number of benzene rings is 3. The van der Waals surface area contributed by atoms with E-state index in [1.165, 1.54) is 0 Å². The predicted octanol–water partition coefficient (Wildman–Crippen LogP) is 5.24. The molecule has 0 radical (unpaired) electrons. The third-order valence-corrected chi connectivity index (χ3v) is 6.75. The number of fused-ring (bicyclic) bond motifs is 3. The van der Waals surface area contributed by atoms with E-state index < -0.39 is 29.9 Å². The second-order valence-electron chi connectivity index (χ2n) is 9.44. The molecule has 0 spiro atoms. The minimum Gasteiger partial charge on any atom is -0.481 e. The highest BCUT2D eigenvalue weighted by atomic mass is 16.6. The number of esters is 1. The molecule has 0 unspecified atom stereocenters. The summed E-state index contributed by atoms with van der Waals surface area (Å²) in [5.74, 6) is -2.97. The molecular formula is C31H31NO7. The van der Waals surface area contributed by atoms with Gasteiger partial charge in [-0.05, 0) is 40.7 Å². The van der Waals surface area contributed by atoms with Crippen molar-refractivity contribution in [3.05, 3.63) is 95.6 Å². The minimum absolute atomic E-state index is 0.0114. The van der Waals surface area contributed by atoms with Gasteiger partial charge in [-0.25, -0.2) is 9.59 Å². The van der Waals surface area contributed by atoms with Crippen LogP contribution in [0.4, 0.5) is 4.79 Å². The molecule has 3 aromatic rings. The van der Waals surface area contributed by atoms with Crippen molar-refractivity contribution in [2.24, 2.45) is 0 Å². The Morgan fingerprint density at radius 2 is 1.38 bits per heavy atom. The lowest BCUT2D eigenvalue weighted by Crippen LogP contribution is -2.45. The van der Waals surface area contributed by atoms with E-state index in [2.05, 4.69) is 5.32 Å². The number of Topliss-reactive ketones (excluding diaryl/α,β-unsaturated/α-hetero) is 1. The molecule has 8 nitrogen and oxygen atoms in total. The number of hydrogen-bond acceptors (Lipinski definition) is 6. The zero-order valence-corrected chi connectivity index (χ0v) is 21.5. The first-order chi connectivity index (χ1) is 18.9. The average Bonchev–Trinajstić information content (AvgIpc) is 3.27. The standard InChI is InChI=1S/C31H31NO7/c33-28(34)18-6-2-5-17-27(29(35)30(36)38-19-21-11-3-1-4-12-21)32-31(37)39-20-26-24-15-9-7-13-22(24)23-14-8-10-16-25(23)26/h1,3-4,7-16,26-27H,2,5-6,17-20H2,(H,32,37)(H,33,34)/t27-/m0/s1. The van der Waals surface area contributed by atoms with Crippen molar-refractivity contribution in [2.75, 3.05) is 6.61 Å². The Morgan fingerprint density at radius 3 is 2.03 bits per heavy atom. The molecule has 0 aromatic heterocycles. The van der Waals surface area contributed by atoms with E-state index in [0.717, 1.165) is 27.8 Å². The molecule has 1 aliphatic rings. The van der Waals surface area contributed by atoms with Crippen LogP contribution in [0.1, 0.15) is 54.7 Å². The van der Waals surface area contributed by atoms with Crippen molar-refractivity contribution in [2.45, 2.75) is 50.7 Å². The van der Waals surface area contributed by atoms with Crippen LogP contribution in [0.5, 0.6) is 0 Å². The first-order valence-corrected chi connectivity index (χ1v) is 13.0. The molecule has 8 heteroatoms. The predicted molar refractivity (Wildman–Crippen MR) is 144 cm³/mol.